The average molecular weight is 255 g/mol. The van der Waals surface area contributed by atoms with Gasteiger partial charge in [-0.1, -0.05) is 30.3 Å². The molecule has 0 spiro atoms. The van der Waals surface area contributed by atoms with Gasteiger partial charge < -0.3 is 10.2 Å². The highest BCUT2D eigenvalue weighted by molar-refractivity contribution is 5.63. The minimum atomic E-state index is -4.52. The van der Waals surface area contributed by atoms with Crippen molar-refractivity contribution in [2.75, 3.05) is 0 Å². The van der Waals surface area contributed by atoms with Crippen molar-refractivity contribution in [1.29, 1.82) is 0 Å². The summed E-state index contributed by atoms with van der Waals surface area (Å²) in [6, 6.07) is 8.67. The van der Waals surface area contributed by atoms with Gasteiger partial charge in [-0.3, -0.25) is 0 Å². The van der Waals surface area contributed by atoms with Crippen molar-refractivity contribution in [3.8, 4) is 11.3 Å². The zero-order valence-electron chi connectivity index (χ0n) is 9.71. The number of halogens is 3. The average Bonchev–Trinajstić information content (AvgIpc) is 2.67. The number of benzene rings is 1. The first-order valence-electron chi connectivity index (χ1n) is 5.40. The van der Waals surface area contributed by atoms with Gasteiger partial charge >= 0.3 is 6.18 Å². The van der Waals surface area contributed by atoms with Gasteiger partial charge in [-0.05, 0) is 6.92 Å². The van der Waals surface area contributed by atoms with Gasteiger partial charge in [0.05, 0.1) is 0 Å². The van der Waals surface area contributed by atoms with Crippen LogP contribution in [0.15, 0.2) is 34.7 Å². The minimum absolute atomic E-state index is 0.0151. The fourth-order valence-corrected chi connectivity index (χ4v) is 1.89. The van der Waals surface area contributed by atoms with Crippen LogP contribution in [0, 0.1) is 6.92 Å². The molecule has 2 nitrogen and oxygen atoms in total. The third-order valence-corrected chi connectivity index (χ3v) is 2.77. The Morgan fingerprint density at radius 3 is 2.22 bits per heavy atom. The fourth-order valence-electron chi connectivity index (χ4n) is 1.89. The first-order valence-corrected chi connectivity index (χ1v) is 5.40. The summed E-state index contributed by atoms with van der Waals surface area (Å²) in [5.41, 5.74) is 6.45. The molecule has 0 fully saturated rings. The number of alkyl halides is 3. The summed E-state index contributed by atoms with van der Waals surface area (Å²) in [6.07, 6.45) is -4.52. The Morgan fingerprint density at radius 2 is 1.78 bits per heavy atom. The predicted octanol–water partition coefficient (Wildman–Crippen LogP) is 3.73. The second kappa shape index (κ2) is 4.49. The molecule has 1 heterocycles. The molecule has 0 aliphatic rings. The van der Waals surface area contributed by atoms with E-state index in [4.69, 9.17) is 10.2 Å². The fraction of sp³-hybridized carbons (Fsp3) is 0.231. The molecule has 0 saturated heterocycles. The molecule has 5 heteroatoms. The molecule has 1 aromatic heterocycles. The van der Waals surface area contributed by atoms with Crippen LogP contribution < -0.4 is 5.73 Å². The third kappa shape index (κ3) is 2.13. The molecule has 0 amide bonds. The number of nitrogens with two attached hydrogens (primary N) is 1. The lowest BCUT2D eigenvalue weighted by Gasteiger charge is -2.04. The van der Waals surface area contributed by atoms with Gasteiger partial charge in [-0.25, -0.2) is 0 Å². The molecule has 1 aromatic carbocycles. The molecule has 96 valence electrons. The highest BCUT2D eigenvalue weighted by Crippen LogP contribution is 2.39. The summed E-state index contributed by atoms with van der Waals surface area (Å²) in [6.45, 7) is 1.39. The molecular formula is C13H12F3NO. The zero-order valence-corrected chi connectivity index (χ0v) is 9.71. The minimum Gasteiger partial charge on any atom is -0.451 e. The SMILES string of the molecule is Cc1c(-c2ccccc2)oc(C(F)(F)F)c1CN. The van der Waals surface area contributed by atoms with E-state index in [9.17, 15) is 13.2 Å². The van der Waals surface area contributed by atoms with Gasteiger partial charge in [-0.15, -0.1) is 0 Å². The van der Waals surface area contributed by atoms with Crippen LogP contribution in [0.4, 0.5) is 13.2 Å². The van der Waals surface area contributed by atoms with Gasteiger partial charge in [0.25, 0.3) is 0 Å². The standard InChI is InChI=1S/C13H12F3NO/c1-8-10(7-17)12(13(14,15)16)18-11(8)9-5-3-2-4-6-9/h2-6H,7,17H2,1H3. The highest BCUT2D eigenvalue weighted by Gasteiger charge is 2.39. The largest absolute Gasteiger partial charge is 0.451 e. The number of hydrogen-bond donors (Lipinski definition) is 1. The second-order valence-electron chi connectivity index (χ2n) is 3.93. The van der Waals surface area contributed by atoms with Crippen LogP contribution in [0.2, 0.25) is 0 Å². The first kappa shape index (κ1) is 12.7. The number of hydrogen-bond acceptors (Lipinski definition) is 2. The Kier molecular flexibility index (Phi) is 3.17. The number of furan rings is 1. The lowest BCUT2D eigenvalue weighted by molar-refractivity contribution is -0.153. The lowest BCUT2D eigenvalue weighted by Crippen LogP contribution is -2.09. The summed E-state index contributed by atoms with van der Waals surface area (Å²) in [5.74, 6) is -0.773. The summed E-state index contributed by atoms with van der Waals surface area (Å²) in [7, 11) is 0. The van der Waals surface area contributed by atoms with Crippen LogP contribution in [0.1, 0.15) is 16.9 Å². The van der Waals surface area contributed by atoms with Crippen molar-refractivity contribution in [3.63, 3.8) is 0 Å². The van der Waals surface area contributed by atoms with Gasteiger partial charge in [0, 0.05) is 23.2 Å². The van der Waals surface area contributed by atoms with E-state index >= 15 is 0 Å². The Hall–Kier alpha value is -1.75. The van der Waals surface area contributed by atoms with Crippen LogP contribution >= 0.6 is 0 Å². The van der Waals surface area contributed by atoms with E-state index in [1.54, 1.807) is 37.3 Å². The molecule has 18 heavy (non-hydrogen) atoms. The molecule has 0 aliphatic carbocycles. The molecule has 2 aromatic rings. The molecule has 0 radical (unpaired) electrons. The van der Waals surface area contributed by atoms with Crippen molar-refractivity contribution in [2.24, 2.45) is 5.73 Å². The van der Waals surface area contributed by atoms with Crippen LogP contribution in [0.25, 0.3) is 11.3 Å². The van der Waals surface area contributed by atoms with E-state index in [1.807, 2.05) is 0 Å². The third-order valence-electron chi connectivity index (χ3n) is 2.77. The molecule has 0 unspecified atom stereocenters. The van der Waals surface area contributed by atoms with Crippen LogP contribution in [0.5, 0.6) is 0 Å². The summed E-state index contributed by atoms with van der Waals surface area (Å²) in [5, 5.41) is 0. The second-order valence-corrected chi connectivity index (χ2v) is 3.93. The van der Waals surface area contributed by atoms with Gasteiger partial charge in [0.2, 0.25) is 5.76 Å². The van der Waals surface area contributed by atoms with Crippen molar-refractivity contribution in [2.45, 2.75) is 19.6 Å². The summed E-state index contributed by atoms with van der Waals surface area (Å²) < 4.78 is 43.4. The van der Waals surface area contributed by atoms with E-state index in [2.05, 4.69) is 0 Å². The first-order chi connectivity index (χ1) is 8.45. The predicted molar refractivity (Wildman–Crippen MR) is 61.8 cm³/mol. The van der Waals surface area contributed by atoms with E-state index in [-0.39, 0.29) is 17.9 Å². The molecule has 2 N–H and O–H groups in total. The molecule has 2 rings (SSSR count). The van der Waals surface area contributed by atoms with Crippen LogP contribution in [-0.4, -0.2) is 0 Å². The molecule has 0 saturated carbocycles. The number of rotatable bonds is 2. The Balaban J connectivity index is 2.61. The molecule has 0 bridgehead atoms. The van der Waals surface area contributed by atoms with E-state index < -0.39 is 11.9 Å². The van der Waals surface area contributed by atoms with Crippen molar-refractivity contribution in [3.05, 3.63) is 47.2 Å². The lowest BCUT2D eigenvalue weighted by atomic mass is 10.1. The van der Waals surface area contributed by atoms with Crippen molar-refractivity contribution < 1.29 is 17.6 Å². The van der Waals surface area contributed by atoms with Crippen molar-refractivity contribution in [1.82, 2.24) is 0 Å². The maximum atomic E-state index is 12.8. The van der Waals surface area contributed by atoms with Gasteiger partial charge in [0.1, 0.15) is 5.76 Å². The topological polar surface area (TPSA) is 39.2 Å². The van der Waals surface area contributed by atoms with Gasteiger partial charge in [0.15, 0.2) is 0 Å². The van der Waals surface area contributed by atoms with E-state index in [0.29, 0.717) is 11.1 Å². The van der Waals surface area contributed by atoms with Crippen LogP contribution in [-0.2, 0) is 12.7 Å². The Labute approximate surface area is 102 Å². The van der Waals surface area contributed by atoms with Crippen molar-refractivity contribution >= 4 is 0 Å². The monoisotopic (exact) mass is 255 g/mol. The normalized spacial score (nSPS) is 11.8. The summed E-state index contributed by atoms with van der Waals surface area (Å²) in [4.78, 5) is 0. The Morgan fingerprint density at radius 1 is 1.17 bits per heavy atom. The smallest absolute Gasteiger partial charge is 0.449 e. The molecular weight excluding hydrogens is 243 g/mol. The summed E-state index contributed by atoms with van der Waals surface area (Å²) >= 11 is 0. The zero-order chi connectivity index (χ0) is 13.3. The highest BCUT2D eigenvalue weighted by atomic mass is 19.4. The van der Waals surface area contributed by atoms with E-state index in [0.717, 1.165) is 0 Å². The molecule has 0 aliphatic heterocycles. The quantitative estimate of drug-likeness (QED) is 0.888. The Bertz CT molecular complexity index is 543. The van der Waals surface area contributed by atoms with E-state index in [1.165, 1.54) is 0 Å². The molecule has 0 atom stereocenters. The van der Waals surface area contributed by atoms with Gasteiger partial charge in [-0.2, -0.15) is 13.2 Å². The maximum Gasteiger partial charge on any atom is 0.449 e. The maximum absolute atomic E-state index is 12.8. The van der Waals surface area contributed by atoms with Crippen LogP contribution in [0.3, 0.4) is 0 Å².